The summed E-state index contributed by atoms with van der Waals surface area (Å²) in [6.45, 7) is 6.57. The number of nitrogens with one attached hydrogen (secondary N) is 1. The summed E-state index contributed by atoms with van der Waals surface area (Å²) < 4.78 is 0. The molecular formula is C19H21N3O2S. The maximum absolute atomic E-state index is 13.2. The highest BCUT2D eigenvalue weighted by molar-refractivity contribution is 7.15. The Balaban J connectivity index is 1.87. The van der Waals surface area contributed by atoms with Crippen LogP contribution in [0.25, 0.3) is 0 Å². The number of anilines is 1. The maximum Gasteiger partial charge on any atom is 0.245 e. The lowest BCUT2D eigenvalue weighted by Crippen LogP contribution is -2.50. The quantitative estimate of drug-likeness (QED) is 0.857. The second kappa shape index (κ2) is 7.19. The molecule has 0 radical (unpaired) electrons. The number of aryl methyl sites for hydroxylation is 1. The van der Waals surface area contributed by atoms with Crippen LogP contribution >= 0.6 is 11.3 Å². The van der Waals surface area contributed by atoms with Gasteiger partial charge in [0.2, 0.25) is 11.8 Å². The van der Waals surface area contributed by atoms with Crippen LogP contribution in [0, 0.1) is 6.92 Å². The second-order valence-corrected chi connectivity index (χ2v) is 7.44. The Labute approximate surface area is 151 Å². The minimum Gasteiger partial charge on any atom is -0.339 e. The van der Waals surface area contributed by atoms with Crippen molar-refractivity contribution in [3.8, 4) is 0 Å². The number of benzene rings is 1. The van der Waals surface area contributed by atoms with Crippen LogP contribution in [0.2, 0.25) is 0 Å². The van der Waals surface area contributed by atoms with Crippen molar-refractivity contribution >= 4 is 28.3 Å². The molecule has 1 N–H and O–H groups in total. The van der Waals surface area contributed by atoms with Gasteiger partial charge in [0.05, 0.1) is 5.41 Å². The predicted octanol–water partition coefficient (Wildman–Crippen LogP) is 3.14. The molecule has 5 nitrogen and oxygen atoms in total. The third-order valence-electron chi connectivity index (χ3n) is 4.71. The molecule has 1 aliphatic heterocycles. The number of carbonyl (C=O) groups is 2. The Morgan fingerprint density at radius 1 is 1.28 bits per heavy atom. The molecule has 1 aliphatic rings. The van der Waals surface area contributed by atoms with E-state index in [0.29, 0.717) is 31.1 Å². The molecule has 0 atom stereocenters. The van der Waals surface area contributed by atoms with E-state index in [9.17, 15) is 9.59 Å². The zero-order valence-electron chi connectivity index (χ0n) is 14.2. The van der Waals surface area contributed by atoms with Crippen molar-refractivity contribution in [1.82, 2.24) is 9.88 Å². The number of thiazole rings is 1. The largest absolute Gasteiger partial charge is 0.339 e. The van der Waals surface area contributed by atoms with Gasteiger partial charge in [0.15, 0.2) is 5.13 Å². The van der Waals surface area contributed by atoms with Gasteiger partial charge in [-0.1, -0.05) is 36.9 Å². The summed E-state index contributed by atoms with van der Waals surface area (Å²) in [5.41, 5.74) is 0.324. The normalized spacial score (nSPS) is 16.3. The molecular weight excluding hydrogens is 334 g/mol. The minimum atomic E-state index is -0.654. The fourth-order valence-corrected chi connectivity index (χ4v) is 3.93. The summed E-state index contributed by atoms with van der Waals surface area (Å²) in [5.74, 6) is -0.142. The van der Waals surface area contributed by atoms with E-state index in [2.05, 4.69) is 16.9 Å². The van der Waals surface area contributed by atoms with Gasteiger partial charge in [-0.3, -0.25) is 9.59 Å². The van der Waals surface area contributed by atoms with Crippen molar-refractivity contribution < 1.29 is 9.59 Å². The molecule has 1 aromatic carbocycles. The van der Waals surface area contributed by atoms with Crippen molar-refractivity contribution in [2.45, 2.75) is 25.2 Å². The van der Waals surface area contributed by atoms with E-state index in [4.69, 9.17) is 0 Å². The lowest BCUT2D eigenvalue weighted by molar-refractivity contribution is -0.131. The zero-order valence-corrected chi connectivity index (χ0v) is 15.0. The van der Waals surface area contributed by atoms with E-state index < -0.39 is 5.41 Å². The monoisotopic (exact) mass is 355 g/mol. The predicted molar refractivity (Wildman–Crippen MR) is 99.6 cm³/mol. The van der Waals surface area contributed by atoms with Crippen LogP contribution in [0.15, 0.2) is 49.2 Å². The number of amides is 2. The van der Waals surface area contributed by atoms with E-state index in [1.165, 1.54) is 17.4 Å². The minimum absolute atomic E-state index is 0.0567. The number of carbonyl (C=O) groups excluding carboxylic acids is 2. The van der Waals surface area contributed by atoms with Crippen molar-refractivity contribution in [3.05, 3.63) is 59.6 Å². The Morgan fingerprint density at radius 2 is 1.96 bits per heavy atom. The maximum atomic E-state index is 13.2. The average molecular weight is 355 g/mol. The molecule has 0 aliphatic carbocycles. The molecule has 3 rings (SSSR count). The Hall–Kier alpha value is -2.47. The Kier molecular flexibility index (Phi) is 4.99. The van der Waals surface area contributed by atoms with Gasteiger partial charge in [-0.2, -0.15) is 0 Å². The SMILES string of the molecule is C=CC(=O)N1CCC(C(=O)Nc2ncc(C)s2)(c2ccccc2)CC1. The summed E-state index contributed by atoms with van der Waals surface area (Å²) >= 11 is 1.46. The van der Waals surface area contributed by atoms with Crippen LogP contribution in [-0.4, -0.2) is 34.8 Å². The van der Waals surface area contributed by atoms with Crippen molar-refractivity contribution in [2.75, 3.05) is 18.4 Å². The Bertz CT molecular complexity index is 777. The van der Waals surface area contributed by atoms with Gasteiger partial charge in [-0.05, 0) is 31.4 Å². The summed E-state index contributed by atoms with van der Waals surface area (Å²) in [4.78, 5) is 32.1. The van der Waals surface area contributed by atoms with E-state index in [0.717, 1.165) is 10.4 Å². The molecule has 0 spiro atoms. The molecule has 2 amide bonds. The van der Waals surface area contributed by atoms with Crippen LogP contribution in [0.3, 0.4) is 0 Å². The van der Waals surface area contributed by atoms with Gasteiger partial charge in [0.25, 0.3) is 0 Å². The number of hydrogen-bond acceptors (Lipinski definition) is 4. The first-order chi connectivity index (χ1) is 12.0. The summed E-state index contributed by atoms with van der Waals surface area (Å²) in [5, 5.41) is 3.59. The number of nitrogens with zero attached hydrogens (tertiary/aromatic N) is 2. The van der Waals surface area contributed by atoms with Crippen molar-refractivity contribution in [1.29, 1.82) is 0 Å². The average Bonchev–Trinajstić information content (AvgIpc) is 3.06. The van der Waals surface area contributed by atoms with E-state index in [-0.39, 0.29) is 11.8 Å². The number of aromatic nitrogens is 1. The first-order valence-corrected chi connectivity index (χ1v) is 9.07. The molecule has 1 aromatic heterocycles. The first-order valence-electron chi connectivity index (χ1n) is 8.26. The van der Waals surface area contributed by atoms with Gasteiger partial charge >= 0.3 is 0 Å². The number of rotatable bonds is 4. The molecule has 6 heteroatoms. The molecule has 25 heavy (non-hydrogen) atoms. The van der Waals surface area contributed by atoms with Gasteiger partial charge in [-0.25, -0.2) is 4.98 Å². The van der Waals surface area contributed by atoms with Gasteiger partial charge in [0, 0.05) is 24.2 Å². The fraction of sp³-hybridized carbons (Fsp3) is 0.316. The number of likely N-dealkylation sites (tertiary alicyclic amines) is 1. The molecule has 0 saturated carbocycles. The third-order valence-corrected chi connectivity index (χ3v) is 5.53. The van der Waals surface area contributed by atoms with E-state index >= 15 is 0 Å². The molecule has 2 aromatic rings. The third kappa shape index (κ3) is 3.49. The van der Waals surface area contributed by atoms with Crippen LogP contribution in [0.4, 0.5) is 5.13 Å². The number of piperidine rings is 1. The highest BCUT2D eigenvalue weighted by Gasteiger charge is 2.43. The van der Waals surface area contributed by atoms with E-state index in [1.54, 1.807) is 11.1 Å². The highest BCUT2D eigenvalue weighted by atomic mass is 32.1. The molecule has 1 fully saturated rings. The van der Waals surface area contributed by atoms with Gasteiger partial charge < -0.3 is 10.2 Å². The summed E-state index contributed by atoms with van der Waals surface area (Å²) in [7, 11) is 0. The fourth-order valence-electron chi connectivity index (χ4n) is 3.27. The van der Waals surface area contributed by atoms with Crippen LogP contribution in [-0.2, 0) is 15.0 Å². The standard InChI is InChI=1S/C19H21N3O2S/c1-3-16(23)22-11-9-19(10-12-22,15-7-5-4-6-8-15)17(24)21-18-20-13-14(2)25-18/h3-8,13H,1,9-12H2,2H3,(H,20,21,24). The van der Waals surface area contributed by atoms with E-state index in [1.807, 2.05) is 37.3 Å². The molecule has 1 saturated heterocycles. The molecule has 0 unspecified atom stereocenters. The smallest absolute Gasteiger partial charge is 0.245 e. The van der Waals surface area contributed by atoms with Crippen LogP contribution < -0.4 is 5.32 Å². The summed E-state index contributed by atoms with van der Waals surface area (Å²) in [6.07, 6.45) is 4.23. The van der Waals surface area contributed by atoms with Crippen molar-refractivity contribution in [3.63, 3.8) is 0 Å². The van der Waals surface area contributed by atoms with Crippen molar-refractivity contribution in [2.24, 2.45) is 0 Å². The van der Waals surface area contributed by atoms with Gasteiger partial charge in [-0.15, -0.1) is 11.3 Å². The second-order valence-electron chi connectivity index (χ2n) is 6.21. The zero-order chi connectivity index (χ0) is 17.9. The first kappa shape index (κ1) is 17.4. The lowest BCUT2D eigenvalue weighted by Gasteiger charge is -2.40. The highest BCUT2D eigenvalue weighted by Crippen LogP contribution is 2.37. The number of hydrogen-bond donors (Lipinski definition) is 1. The summed E-state index contributed by atoms with van der Waals surface area (Å²) in [6, 6.07) is 9.79. The van der Waals surface area contributed by atoms with Crippen LogP contribution in [0.5, 0.6) is 0 Å². The molecule has 130 valence electrons. The topological polar surface area (TPSA) is 62.3 Å². The van der Waals surface area contributed by atoms with Crippen LogP contribution in [0.1, 0.15) is 23.3 Å². The van der Waals surface area contributed by atoms with Gasteiger partial charge in [0.1, 0.15) is 0 Å². The Morgan fingerprint density at radius 3 is 2.52 bits per heavy atom. The lowest BCUT2D eigenvalue weighted by atomic mass is 9.72. The molecule has 0 bridgehead atoms. The molecule has 2 heterocycles.